The standard InChI is InChI=1S/C17H22N6O2/c1-17(4-5-17)21-16(24)25-12-3-2-11(8-12)13-9-14(23-22-13)20-15-10-18-6-7-19-15/h6-7,9-12H,2-5,8H2,1H3,(H,21,24)(H2,19,20,22,23)/t11-,12+/m1/s1. The normalized spacial score (nSPS) is 23.9. The second-order valence-corrected chi connectivity index (χ2v) is 7.15. The van der Waals surface area contributed by atoms with Gasteiger partial charge in [0.25, 0.3) is 0 Å². The number of hydrogen-bond donors (Lipinski definition) is 3. The zero-order chi connectivity index (χ0) is 17.3. The summed E-state index contributed by atoms with van der Waals surface area (Å²) in [7, 11) is 0. The highest BCUT2D eigenvalue weighted by molar-refractivity contribution is 5.69. The Hall–Kier alpha value is -2.64. The Balaban J connectivity index is 1.30. The van der Waals surface area contributed by atoms with E-state index >= 15 is 0 Å². The molecule has 2 fully saturated rings. The predicted molar refractivity (Wildman–Crippen MR) is 91.5 cm³/mol. The summed E-state index contributed by atoms with van der Waals surface area (Å²) in [6.45, 7) is 2.04. The van der Waals surface area contributed by atoms with E-state index < -0.39 is 0 Å². The van der Waals surface area contributed by atoms with Crippen molar-refractivity contribution in [3.05, 3.63) is 30.4 Å². The Kier molecular flexibility index (Phi) is 4.03. The van der Waals surface area contributed by atoms with E-state index in [0.717, 1.165) is 37.8 Å². The maximum absolute atomic E-state index is 11.9. The van der Waals surface area contributed by atoms with Crippen molar-refractivity contribution in [2.75, 3.05) is 5.32 Å². The van der Waals surface area contributed by atoms with Crippen LogP contribution in [0.4, 0.5) is 16.4 Å². The van der Waals surface area contributed by atoms with Gasteiger partial charge in [0.05, 0.1) is 6.20 Å². The van der Waals surface area contributed by atoms with Crippen molar-refractivity contribution in [3.8, 4) is 0 Å². The van der Waals surface area contributed by atoms with Crippen molar-refractivity contribution >= 4 is 17.7 Å². The molecule has 8 heteroatoms. The van der Waals surface area contributed by atoms with Gasteiger partial charge in [0.1, 0.15) is 11.9 Å². The molecule has 1 amide bonds. The van der Waals surface area contributed by atoms with Crippen LogP contribution < -0.4 is 10.6 Å². The molecule has 2 aliphatic carbocycles. The van der Waals surface area contributed by atoms with Gasteiger partial charge >= 0.3 is 6.09 Å². The van der Waals surface area contributed by atoms with E-state index in [1.54, 1.807) is 18.6 Å². The smallest absolute Gasteiger partial charge is 0.407 e. The number of rotatable bonds is 5. The van der Waals surface area contributed by atoms with Crippen LogP contribution in [0, 0.1) is 0 Å². The number of anilines is 2. The quantitative estimate of drug-likeness (QED) is 0.772. The van der Waals surface area contributed by atoms with Gasteiger partial charge in [-0.3, -0.25) is 10.1 Å². The molecule has 4 rings (SSSR count). The third-order valence-corrected chi connectivity index (χ3v) is 4.92. The lowest BCUT2D eigenvalue weighted by Crippen LogP contribution is -2.36. The molecule has 0 aliphatic heterocycles. The van der Waals surface area contributed by atoms with Crippen LogP contribution in [0.2, 0.25) is 0 Å². The number of carbonyl (C=O) groups excluding carboxylic acids is 1. The Morgan fingerprint density at radius 1 is 1.32 bits per heavy atom. The molecule has 0 radical (unpaired) electrons. The molecule has 3 N–H and O–H groups in total. The van der Waals surface area contributed by atoms with Gasteiger partial charge in [0.15, 0.2) is 5.82 Å². The maximum Gasteiger partial charge on any atom is 0.407 e. The summed E-state index contributed by atoms with van der Waals surface area (Å²) in [4.78, 5) is 20.1. The minimum Gasteiger partial charge on any atom is -0.446 e. The van der Waals surface area contributed by atoms with Crippen molar-refractivity contribution in [1.82, 2.24) is 25.5 Å². The molecule has 8 nitrogen and oxygen atoms in total. The fourth-order valence-corrected chi connectivity index (χ4v) is 3.17. The first-order valence-corrected chi connectivity index (χ1v) is 8.67. The molecular formula is C17H22N6O2. The van der Waals surface area contributed by atoms with Gasteiger partial charge in [-0.1, -0.05) is 0 Å². The summed E-state index contributed by atoms with van der Waals surface area (Å²) in [5.41, 5.74) is 1.01. The van der Waals surface area contributed by atoms with Crippen LogP contribution in [0.15, 0.2) is 24.7 Å². The molecule has 132 valence electrons. The summed E-state index contributed by atoms with van der Waals surface area (Å²) in [6.07, 6.45) is 9.30. The highest BCUT2D eigenvalue weighted by Crippen LogP contribution is 2.37. The molecule has 0 aromatic carbocycles. The summed E-state index contributed by atoms with van der Waals surface area (Å²) in [5, 5.41) is 13.4. The molecule has 0 spiro atoms. The lowest BCUT2D eigenvalue weighted by Gasteiger charge is -2.16. The second-order valence-electron chi connectivity index (χ2n) is 7.15. The molecule has 0 bridgehead atoms. The molecule has 2 heterocycles. The summed E-state index contributed by atoms with van der Waals surface area (Å²) < 4.78 is 5.56. The lowest BCUT2D eigenvalue weighted by molar-refractivity contribution is 0.0967. The van der Waals surface area contributed by atoms with Gasteiger partial charge < -0.3 is 15.4 Å². The first kappa shape index (κ1) is 15.9. The van der Waals surface area contributed by atoms with Crippen LogP contribution in [-0.2, 0) is 4.74 Å². The molecule has 25 heavy (non-hydrogen) atoms. The van der Waals surface area contributed by atoms with Gasteiger partial charge in [0, 0.05) is 35.6 Å². The van der Waals surface area contributed by atoms with E-state index in [1.807, 2.05) is 13.0 Å². The van der Waals surface area contributed by atoms with Gasteiger partial charge in [-0.15, -0.1) is 0 Å². The number of amides is 1. The van der Waals surface area contributed by atoms with Crippen LogP contribution >= 0.6 is 0 Å². The number of nitrogens with zero attached hydrogens (tertiary/aromatic N) is 3. The zero-order valence-electron chi connectivity index (χ0n) is 14.2. The Bertz CT molecular complexity index is 743. The Morgan fingerprint density at radius 3 is 2.96 bits per heavy atom. The zero-order valence-corrected chi connectivity index (χ0v) is 14.2. The lowest BCUT2D eigenvalue weighted by atomic mass is 10.0. The van der Waals surface area contributed by atoms with Crippen LogP contribution in [0.1, 0.15) is 50.6 Å². The van der Waals surface area contributed by atoms with Crippen LogP contribution in [0.3, 0.4) is 0 Å². The molecule has 0 saturated heterocycles. The van der Waals surface area contributed by atoms with E-state index in [2.05, 4.69) is 30.8 Å². The monoisotopic (exact) mass is 342 g/mol. The first-order chi connectivity index (χ1) is 12.1. The molecule has 2 aromatic rings. The van der Waals surface area contributed by atoms with Crippen LogP contribution in [-0.4, -0.2) is 37.9 Å². The Morgan fingerprint density at radius 2 is 2.20 bits per heavy atom. The molecule has 2 saturated carbocycles. The second kappa shape index (κ2) is 6.34. The van der Waals surface area contributed by atoms with Gasteiger partial charge in [-0.2, -0.15) is 5.10 Å². The van der Waals surface area contributed by atoms with Crippen molar-refractivity contribution in [2.24, 2.45) is 0 Å². The molecule has 2 atom stereocenters. The van der Waals surface area contributed by atoms with Gasteiger partial charge in [-0.05, 0) is 39.0 Å². The number of aromatic amines is 1. The van der Waals surface area contributed by atoms with E-state index in [9.17, 15) is 4.79 Å². The molecule has 0 unspecified atom stereocenters. The fourth-order valence-electron chi connectivity index (χ4n) is 3.17. The van der Waals surface area contributed by atoms with Crippen molar-refractivity contribution in [1.29, 1.82) is 0 Å². The van der Waals surface area contributed by atoms with E-state index in [-0.39, 0.29) is 17.7 Å². The van der Waals surface area contributed by atoms with E-state index in [1.165, 1.54) is 0 Å². The topological polar surface area (TPSA) is 105 Å². The van der Waals surface area contributed by atoms with Crippen molar-refractivity contribution < 1.29 is 9.53 Å². The number of hydrogen-bond acceptors (Lipinski definition) is 6. The average molecular weight is 342 g/mol. The minimum absolute atomic E-state index is 0.0351. The number of H-pyrrole nitrogens is 1. The predicted octanol–water partition coefficient (Wildman–Crippen LogP) is 2.86. The fraction of sp³-hybridized carbons (Fsp3) is 0.529. The number of nitrogens with one attached hydrogen (secondary N) is 3. The summed E-state index contributed by atoms with van der Waals surface area (Å²) in [5.74, 6) is 1.68. The molecule has 2 aromatic heterocycles. The number of aromatic nitrogens is 4. The van der Waals surface area contributed by atoms with Crippen molar-refractivity contribution in [2.45, 2.75) is 56.6 Å². The summed E-state index contributed by atoms with van der Waals surface area (Å²) in [6, 6.07) is 1.98. The molecular weight excluding hydrogens is 320 g/mol. The van der Waals surface area contributed by atoms with Crippen LogP contribution in [0.5, 0.6) is 0 Å². The van der Waals surface area contributed by atoms with Gasteiger partial charge in [-0.25, -0.2) is 9.78 Å². The van der Waals surface area contributed by atoms with Gasteiger partial charge in [0.2, 0.25) is 0 Å². The van der Waals surface area contributed by atoms with E-state index in [0.29, 0.717) is 17.6 Å². The Labute approximate surface area is 145 Å². The SMILES string of the molecule is CC1(NC(=O)O[C@H]2CC[C@@H](c3cc(Nc4cnccn4)n[nH]3)C2)CC1. The van der Waals surface area contributed by atoms with Crippen LogP contribution in [0.25, 0.3) is 0 Å². The third kappa shape index (κ3) is 3.89. The highest BCUT2D eigenvalue weighted by Gasteiger charge is 2.40. The van der Waals surface area contributed by atoms with E-state index in [4.69, 9.17) is 4.74 Å². The van der Waals surface area contributed by atoms with Crippen molar-refractivity contribution in [3.63, 3.8) is 0 Å². The highest BCUT2D eigenvalue weighted by atomic mass is 16.6. The number of carbonyl (C=O) groups is 1. The average Bonchev–Trinajstić information content (AvgIpc) is 3.00. The number of alkyl carbamates (subject to hydrolysis) is 1. The first-order valence-electron chi connectivity index (χ1n) is 8.67. The molecule has 2 aliphatic rings. The largest absolute Gasteiger partial charge is 0.446 e. The minimum atomic E-state index is -0.291. The maximum atomic E-state index is 11.9. The summed E-state index contributed by atoms with van der Waals surface area (Å²) >= 11 is 0. The number of ether oxygens (including phenoxy) is 1. The third-order valence-electron chi connectivity index (χ3n) is 4.92.